The van der Waals surface area contributed by atoms with Gasteiger partial charge >= 0.3 is 6.18 Å². The second-order valence-electron chi connectivity index (χ2n) is 6.48. The number of halogens is 3. The van der Waals surface area contributed by atoms with Crippen molar-refractivity contribution in [1.29, 1.82) is 0 Å². The number of nitro groups is 1. The Morgan fingerprint density at radius 2 is 2.15 bits per heavy atom. The first-order chi connectivity index (χ1) is 12.7. The fourth-order valence-corrected chi connectivity index (χ4v) is 3.35. The molecular formula is C17H17F3N4O3. The van der Waals surface area contributed by atoms with Gasteiger partial charge in [0, 0.05) is 38.3 Å². The average Bonchev–Trinajstić information content (AvgIpc) is 3.22. The van der Waals surface area contributed by atoms with Crippen LogP contribution in [0.25, 0.3) is 0 Å². The van der Waals surface area contributed by atoms with Gasteiger partial charge < -0.3 is 4.90 Å². The lowest BCUT2D eigenvalue weighted by molar-refractivity contribution is -0.384. The summed E-state index contributed by atoms with van der Waals surface area (Å²) in [5.74, 6) is -0.158. The number of ketones is 1. The van der Waals surface area contributed by atoms with Crippen molar-refractivity contribution in [2.45, 2.75) is 31.5 Å². The van der Waals surface area contributed by atoms with E-state index in [0.29, 0.717) is 31.0 Å². The fraction of sp³-hybridized carbons (Fsp3) is 0.412. The minimum Gasteiger partial charge on any atom is -0.363 e. The first-order valence-electron chi connectivity index (χ1n) is 8.31. The van der Waals surface area contributed by atoms with Crippen LogP contribution < -0.4 is 4.90 Å². The van der Waals surface area contributed by atoms with Crippen molar-refractivity contribution in [3.05, 3.63) is 51.8 Å². The number of aromatic nitrogens is 2. The van der Waals surface area contributed by atoms with Crippen LogP contribution in [0.4, 0.5) is 24.5 Å². The molecule has 1 fully saturated rings. The Bertz CT molecular complexity index is 879. The molecule has 0 radical (unpaired) electrons. The quantitative estimate of drug-likeness (QED) is 0.448. The molecule has 0 saturated carbocycles. The summed E-state index contributed by atoms with van der Waals surface area (Å²) in [5, 5.41) is 15.3. The van der Waals surface area contributed by atoms with Crippen LogP contribution >= 0.6 is 0 Å². The SMILES string of the molecule is Cn1cc(C(=O)CC2CCCN2c2ccc(C(F)(F)F)cc2[N+](=O)[O-])cn1. The molecule has 1 aromatic heterocycles. The topological polar surface area (TPSA) is 81.3 Å². The Morgan fingerprint density at radius 1 is 1.41 bits per heavy atom. The highest BCUT2D eigenvalue weighted by Gasteiger charge is 2.36. The molecule has 0 bridgehead atoms. The monoisotopic (exact) mass is 382 g/mol. The molecule has 0 spiro atoms. The normalized spacial score (nSPS) is 17.3. The van der Waals surface area contributed by atoms with E-state index in [4.69, 9.17) is 0 Å². The molecule has 144 valence electrons. The van der Waals surface area contributed by atoms with Crippen molar-refractivity contribution in [2.24, 2.45) is 7.05 Å². The van der Waals surface area contributed by atoms with E-state index in [1.54, 1.807) is 18.1 Å². The predicted molar refractivity (Wildman–Crippen MR) is 90.6 cm³/mol. The van der Waals surface area contributed by atoms with E-state index in [2.05, 4.69) is 5.10 Å². The average molecular weight is 382 g/mol. The summed E-state index contributed by atoms with van der Waals surface area (Å²) in [6, 6.07) is 2.19. The lowest BCUT2D eigenvalue weighted by Crippen LogP contribution is -2.31. The molecule has 7 nitrogen and oxygen atoms in total. The van der Waals surface area contributed by atoms with Crippen LogP contribution in [0.2, 0.25) is 0 Å². The molecule has 10 heteroatoms. The molecule has 1 aliphatic rings. The number of alkyl halides is 3. The maximum atomic E-state index is 12.9. The zero-order chi connectivity index (χ0) is 19.8. The Balaban J connectivity index is 1.88. The zero-order valence-electron chi connectivity index (χ0n) is 14.4. The third-order valence-electron chi connectivity index (χ3n) is 4.63. The molecule has 1 unspecified atom stereocenters. The zero-order valence-corrected chi connectivity index (χ0v) is 14.4. The molecule has 1 atom stereocenters. The molecule has 0 amide bonds. The van der Waals surface area contributed by atoms with Crippen molar-refractivity contribution in [3.63, 3.8) is 0 Å². The van der Waals surface area contributed by atoms with Crippen LogP contribution in [0.5, 0.6) is 0 Å². The number of anilines is 1. The number of carbonyl (C=O) groups excluding carboxylic acids is 1. The number of Topliss-reactive ketones (excluding diaryl/α,β-unsaturated/α-hetero) is 1. The number of aryl methyl sites for hydroxylation is 1. The van der Waals surface area contributed by atoms with E-state index >= 15 is 0 Å². The fourth-order valence-electron chi connectivity index (χ4n) is 3.35. The van der Waals surface area contributed by atoms with E-state index in [0.717, 1.165) is 12.1 Å². The van der Waals surface area contributed by atoms with Gasteiger partial charge in [-0.2, -0.15) is 18.3 Å². The van der Waals surface area contributed by atoms with Crippen LogP contribution in [-0.4, -0.2) is 33.1 Å². The molecule has 0 N–H and O–H groups in total. The van der Waals surface area contributed by atoms with Crippen LogP contribution in [0.3, 0.4) is 0 Å². The second kappa shape index (κ2) is 7.01. The van der Waals surface area contributed by atoms with Crippen molar-refractivity contribution in [1.82, 2.24) is 9.78 Å². The van der Waals surface area contributed by atoms with Gasteiger partial charge in [0.2, 0.25) is 0 Å². The molecule has 1 aromatic carbocycles. The van der Waals surface area contributed by atoms with Crippen molar-refractivity contribution >= 4 is 17.2 Å². The smallest absolute Gasteiger partial charge is 0.363 e. The van der Waals surface area contributed by atoms with Crippen LogP contribution in [0, 0.1) is 10.1 Å². The maximum Gasteiger partial charge on any atom is 0.416 e. The van der Waals surface area contributed by atoms with E-state index < -0.39 is 22.4 Å². The highest BCUT2D eigenvalue weighted by Crippen LogP contribution is 2.39. The number of hydrogen-bond donors (Lipinski definition) is 0. The summed E-state index contributed by atoms with van der Waals surface area (Å²) in [6.07, 6.45) is -0.189. The Kier molecular flexibility index (Phi) is 4.90. The van der Waals surface area contributed by atoms with Gasteiger partial charge in [0.25, 0.3) is 5.69 Å². The van der Waals surface area contributed by atoms with Crippen LogP contribution in [-0.2, 0) is 13.2 Å². The standard InChI is InChI=1S/C17H17F3N4O3/c1-22-10-11(9-21-22)16(25)8-13-3-2-6-23(13)14-5-4-12(17(18,19)20)7-15(14)24(26)27/h4-5,7,9-10,13H,2-3,6,8H2,1H3. The molecule has 2 aromatic rings. The minimum atomic E-state index is -4.66. The van der Waals surface area contributed by atoms with Gasteiger partial charge in [0.05, 0.1) is 22.2 Å². The Morgan fingerprint density at radius 3 is 2.74 bits per heavy atom. The Labute approximate surface area is 152 Å². The summed E-state index contributed by atoms with van der Waals surface area (Å²) < 4.78 is 40.2. The second-order valence-corrected chi connectivity index (χ2v) is 6.48. The largest absolute Gasteiger partial charge is 0.416 e. The first kappa shape index (κ1) is 18.9. The van der Waals surface area contributed by atoms with Gasteiger partial charge in [-0.1, -0.05) is 0 Å². The number of benzene rings is 1. The molecule has 1 saturated heterocycles. The third kappa shape index (κ3) is 3.93. The Hall–Kier alpha value is -2.91. The van der Waals surface area contributed by atoms with E-state index in [9.17, 15) is 28.1 Å². The van der Waals surface area contributed by atoms with E-state index in [-0.39, 0.29) is 23.9 Å². The van der Waals surface area contributed by atoms with Gasteiger partial charge in [-0.25, -0.2) is 0 Å². The van der Waals surface area contributed by atoms with E-state index in [1.165, 1.54) is 10.9 Å². The number of hydrogen-bond acceptors (Lipinski definition) is 5. The van der Waals surface area contributed by atoms with Gasteiger partial charge in [0.15, 0.2) is 5.78 Å². The van der Waals surface area contributed by atoms with Crippen LogP contribution in [0.15, 0.2) is 30.6 Å². The number of nitrogens with zero attached hydrogens (tertiary/aromatic N) is 4. The summed E-state index contributed by atoms with van der Waals surface area (Å²) in [5.41, 5.74) is -1.13. The van der Waals surface area contributed by atoms with Crippen LogP contribution in [0.1, 0.15) is 35.2 Å². The number of carbonyl (C=O) groups is 1. The van der Waals surface area contributed by atoms with Gasteiger partial charge in [-0.15, -0.1) is 0 Å². The number of rotatable bonds is 5. The van der Waals surface area contributed by atoms with E-state index in [1.807, 2.05) is 0 Å². The predicted octanol–water partition coefficient (Wildman–Crippen LogP) is 3.59. The molecule has 1 aliphatic heterocycles. The highest BCUT2D eigenvalue weighted by molar-refractivity contribution is 5.96. The molecule has 27 heavy (non-hydrogen) atoms. The molecular weight excluding hydrogens is 365 g/mol. The summed E-state index contributed by atoms with van der Waals surface area (Å²) in [7, 11) is 1.68. The van der Waals surface area contributed by atoms with Crippen molar-refractivity contribution in [2.75, 3.05) is 11.4 Å². The van der Waals surface area contributed by atoms with Crippen molar-refractivity contribution < 1.29 is 22.9 Å². The number of nitro benzene ring substituents is 1. The maximum absolute atomic E-state index is 12.9. The first-order valence-corrected chi connectivity index (χ1v) is 8.31. The third-order valence-corrected chi connectivity index (χ3v) is 4.63. The minimum absolute atomic E-state index is 0.106. The van der Waals surface area contributed by atoms with Gasteiger partial charge in [0.1, 0.15) is 5.69 Å². The molecule has 0 aliphatic carbocycles. The summed E-state index contributed by atoms with van der Waals surface area (Å²) in [6.45, 7) is 0.442. The molecule has 3 rings (SSSR count). The highest BCUT2D eigenvalue weighted by atomic mass is 19.4. The lowest BCUT2D eigenvalue weighted by atomic mass is 10.0. The van der Waals surface area contributed by atoms with Gasteiger partial charge in [-0.3, -0.25) is 19.6 Å². The summed E-state index contributed by atoms with van der Waals surface area (Å²) >= 11 is 0. The van der Waals surface area contributed by atoms with Crippen molar-refractivity contribution in [3.8, 4) is 0 Å². The van der Waals surface area contributed by atoms with Gasteiger partial charge in [-0.05, 0) is 25.0 Å². The lowest BCUT2D eigenvalue weighted by Gasteiger charge is -2.26. The summed E-state index contributed by atoms with van der Waals surface area (Å²) in [4.78, 5) is 24.6. The molecule has 2 heterocycles.